The maximum absolute atomic E-state index is 11.8. The van der Waals surface area contributed by atoms with Gasteiger partial charge >= 0.3 is 0 Å². The summed E-state index contributed by atoms with van der Waals surface area (Å²) in [6, 6.07) is 5.62. The van der Waals surface area contributed by atoms with Gasteiger partial charge in [-0.1, -0.05) is 30.6 Å². The molecule has 0 radical (unpaired) electrons. The summed E-state index contributed by atoms with van der Waals surface area (Å²) in [5.74, 6) is 0.734. The van der Waals surface area contributed by atoms with E-state index < -0.39 is 0 Å². The van der Waals surface area contributed by atoms with E-state index in [1.807, 2.05) is 39.8 Å². The average molecular weight is 292 g/mol. The predicted octanol–water partition coefficient (Wildman–Crippen LogP) is 2.73. The third kappa shape index (κ3) is 5.10. The number of nitrogens with one attached hydrogen (secondary N) is 1. The summed E-state index contributed by atoms with van der Waals surface area (Å²) in [6.45, 7) is 9.61. The summed E-state index contributed by atoms with van der Waals surface area (Å²) in [4.78, 5) is 11.8. The number of benzene rings is 1. The van der Waals surface area contributed by atoms with Crippen molar-refractivity contribution in [3.8, 4) is 5.75 Å². The van der Waals surface area contributed by atoms with Crippen LogP contribution in [0.25, 0.3) is 0 Å². The van der Waals surface area contributed by atoms with Gasteiger partial charge in [0.2, 0.25) is 0 Å². The van der Waals surface area contributed by atoms with Crippen LogP contribution in [0.2, 0.25) is 0 Å². The van der Waals surface area contributed by atoms with E-state index in [0.29, 0.717) is 22.9 Å². The molecule has 5 nitrogen and oxygen atoms in total. The number of amides is 1. The molecule has 0 saturated heterocycles. The Labute approximate surface area is 126 Å². The van der Waals surface area contributed by atoms with Crippen molar-refractivity contribution in [1.29, 1.82) is 0 Å². The van der Waals surface area contributed by atoms with Crippen LogP contribution in [0.3, 0.4) is 0 Å². The van der Waals surface area contributed by atoms with Crippen LogP contribution < -0.4 is 10.1 Å². The number of carbonyl (C=O) groups excluding carboxylic acids is 1. The summed E-state index contributed by atoms with van der Waals surface area (Å²) < 4.78 is 5.55. The number of hydrogen-bond acceptors (Lipinski definition) is 4. The monoisotopic (exact) mass is 292 g/mol. The van der Waals surface area contributed by atoms with Crippen molar-refractivity contribution in [2.75, 3.05) is 6.61 Å². The lowest BCUT2D eigenvalue weighted by atomic mass is 10.1. The average Bonchev–Trinajstić information content (AvgIpc) is 2.44. The Hall–Kier alpha value is -2.04. The van der Waals surface area contributed by atoms with Crippen molar-refractivity contribution in [3.63, 3.8) is 0 Å². The molecule has 0 bridgehead atoms. The molecule has 1 unspecified atom stereocenters. The second-order valence-corrected chi connectivity index (χ2v) is 5.57. The van der Waals surface area contributed by atoms with E-state index in [0.717, 1.165) is 5.56 Å². The van der Waals surface area contributed by atoms with E-state index in [2.05, 4.69) is 10.5 Å². The van der Waals surface area contributed by atoms with E-state index in [1.165, 1.54) is 0 Å². The number of oxime groups is 1. The van der Waals surface area contributed by atoms with Gasteiger partial charge in [0.05, 0.1) is 5.71 Å². The molecular formula is C16H24N2O3. The van der Waals surface area contributed by atoms with Gasteiger partial charge in [0, 0.05) is 11.6 Å². The first-order chi connectivity index (χ1) is 9.85. The van der Waals surface area contributed by atoms with Crippen molar-refractivity contribution in [3.05, 3.63) is 29.3 Å². The SMILES string of the molecule is CC(=NO)c1cc(C)ccc1OCC(=O)NC(C)C(C)C. The first-order valence-corrected chi connectivity index (χ1v) is 7.07. The molecule has 1 atom stereocenters. The lowest BCUT2D eigenvalue weighted by molar-refractivity contribution is -0.124. The van der Waals surface area contributed by atoms with Gasteiger partial charge in [-0.3, -0.25) is 4.79 Å². The molecule has 1 aromatic carbocycles. The van der Waals surface area contributed by atoms with Crippen molar-refractivity contribution in [1.82, 2.24) is 5.32 Å². The third-order valence-corrected chi connectivity index (χ3v) is 3.42. The molecular weight excluding hydrogens is 268 g/mol. The largest absolute Gasteiger partial charge is 0.483 e. The number of carbonyl (C=O) groups is 1. The number of hydrogen-bond donors (Lipinski definition) is 2. The molecule has 1 aromatic rings. The normalized spacial score (nSPS) is 13.1. The molecule has 0 fully saturated rings. The number of nitrogens with zero attached hydrogens (tertiary/aromatic N) is 1. The fraction of sp³-hybridized carbons (Fsp3) is 0.500. The van der Waals surface area contributed by atoms with Crippen LogP contribution in [0.15, 0.2) is 23.4 Å². The van der Waals surface area contributed by atoms with Crippen LogP contribution in [-0.4, -0.2) is 29.5 Å². The second kappa shape index (κ2) is 7.67. The lowest BCUT2D eigenvalue weighted by Crippen LogP contribution is -2.39. The van der Waals surface area contributed by atoms with Gasteiger partial charge in [0.15, 0.2) is 6.61 Å². The molecule has 5 heteroatoms. The zero-order chi connectivity index (χ0) is 16.0. The summed E-state index contributed by atoms with van der Waals surface area (Å²) in [5, 5.41) is 15.0. The Kier molecular flexibility index (Phi) is 6.21. The van der Waals surface area contributed by atoms with Gasteiger partial charge < -0.3 is 15.3 Å². The van der Waals surface area contributed by atoms with Crippen LogP contribution >= 0.6 is 0 Å². The highest BCUT2D eigenvalue weighted by Gasteiger charge is 2.13. The Morgan fingerprint density at radius 2 is 2.05 bits per heavy atom. The topological polar surface area (TPSA) is 70.9 Å². The zero-order valence-corrected chi connectivity index (χ0v) is 13.3. The third-order valence-electron chi connectivity index (χ3n) is 3.42. The highest BCUT2D eigenvalue weighted by Crippen LogP contribution is 2.21. The van der Waals surface area contributed by atoms with Gasteiger partial charge in [-0.05, 0) is 38.8 Å². The minimum atomic E-state index is -0.165. The number of ether oxygens (including phenoxy) is 1. The van der Waals surface area contributed by atoms with E-state index in [-0.39, 0.29) is 18.6 Å². The Balaban J connectivity index is 2.74. The second-order valence-electron chi connectivity index (χ2n) is 5.57. The fourth-order valence-electron chi connectivity index (χ4n) is 1.71. The zero-order valence-electron chi connectivity index (χ0n) is 13.3. The van der Waals surface area contributed by atoms with E-state index >= 15 is 0 Å². The van der Waals surface area contributed by atoms with Crippen LogP contribution in [0, 0.1) is 12.8 Å². The van der Waals surface area contributed by atoms with Crippen LogP contribution in [-0.2, 0) is 4.79 Å². The quantitative estimate of drug-likeness (QED) is 0.481. The molecule has 0 aromatic heterocycles. The molecule has 21 heavy (non-hydrogen) atoms. The maximum Gasteiger partial charge on any atom is 0.258 e. The summed E-state index contributed by atoms with van der Waals surface area (Å²) >= 11 is 0. The Morgan fingerprint density at radius 3 is 2.62 bits per heavy atom. The molecule has 1 amide bonds. The molecule has 0 spiro atoms. The van der Waals surface area contributed by atoms with Gasteiger partial charge in [-0.2, -0.15) is 0 Å². The maximum atomic E-state index is 11.8. The van der Waals surface area contributed by atoms with Crippen LogP contribution in [0.5, 0.6) is 5.75 Å². The minimum Gasteiger partial charge on any atom is -0.483 e. The number of rotatable bonds is 6. The minimum absolute atomic E-state index is 0.0637. The summed E-state index contributed by atoms with van der Waals surface area (Å²) in [5.41, 5.74) is 2.16. The van der Waals surface area contributed by atoms with Crippen molar-refractivity contribution in [2.24, 2.45) is 11.1 Å². The van der Waals surface area contributed by atoms with Crippen LogP contribution in [0.1, 0.15) is 38.8 Å². The highest BCUT2D eigenvalue weighted by atomic mass is 16.5. The highest BCUT2D eigenvalue weighted by molar-refractivity contribution is 6.01. The molecule has 0 heterocycles. The Morgan fingerprint density at radius 1 is 1.38 bits per heavy atom. The molecule has 0 saturated carbocycles. The molecule has 0 aliphatic heterocycles. The molecule has 116 valence electrons. The fourth-order valence-corrected chi connectivity index (χ4v) is 1.71. The van der Waals surface area contributed by atoms with Crippen molar-refractivity contribution in [2.45, 2.75) is 40.7 Å². The van der Waals surface area contributed by atoms with E-state index in [4.69, 9.17) is 9.94 Å². The van der Waals surface area contributed by atoms with Crippen LogP contribution in [0.4, 0.5) is 0 Å². The molecule has 0 aliphatic carbocycles. The molecule has 1 rings (SSSR count). The smallest absolute Gasteiger partial charge is 0.258 e. The lowest BCUT2D eigenvalue weighted by Gasteiger charge is -2.18. The van der Waals surface area contributed by atoms with Gasteiger partial charge in [-0.25, -0.2) is 0 Å². The first-order valence-electron chi connectivity index (χ1n) is 7.07. The molecule has 2 N–H and O–H groups in total. The van der Waals surface area contributed by atoms with E-state index in [1.54, 1.807) is 13.0 Å². The van der Waals surface area contributed by atoms with Crippen molar-refractivity contribution >= 4 is 11.6 Å². The predicted molar refractivity (Wildman–Crippen MR) is 83.1 cm³/mol. The summed E-state index contributed by atoms with van der Waals surface area (Å²) in [7, 11) is 0. The molecule has 0 aliphatic rings. The Bertz CT molecular complexity index is 524. The van der Waals surface area contributed by atoms with E-state index in [9.17, 15) is 4.79 Å². The van der Waals surface area contributed by atoms with Gasteiger partial charge in [0.25, 0.3) is 5.91 Å². The van der Waals surface area contributed by atoms with Crippen molar-refractivity contribution < 1.29 is 14.7 Å². The first kappa shape index (κ1) is 17.0. The standard InChI is InChI=1S/C16H24N2O3/c1-10(2)12(4)17-16(19)9-21-15-7-6-11(3)8-14(15)13(5)18-20/h6-8,10,12,20H,9H2,1-5H3,(H,17,19). The van der Waals surface area contributed by atoms with Gasteiger partial charge in [-0.15, -0.1) is 0 Å². The number of aryl methyl sites for hydroxylation is 1. The summed E-state index contributed by atoms with van der Waals surface area (Å²) in [6.07, 6.45) is 0. The van der Waals surface area contributed by atoms with Gasteiger partial charge in [0.1, 0.15) is 5.75 Å².